The maximum absolute atomic E-state index is 13.0. The molecule has 0 saturated carbocycles. The number of alkyl halides is 2. The fourth-order valence-corrected chi connectivity index (χ4v) is 1.78. The monoisotopic (exact) mass is 283 g/mol. The zero-order valence-electron chi connectivity index (χ0n) is 10.5. The molecule has 0 aromatic heterocycles. The van der Waals surface area contributed by atoms with Crippen LogP contribution in [-0.4, -0.2) is 0 Å². The Bertz CT molecular complexity index is 567. The van der Waals surface area contributed by atoms with Gasteiger partial charge in [0.05, 0.1) is 0 Å². The molecule has 1 nitrogen and oxygen atoms in total. The molecule has 0 aliphatic heterocycles. The summed E-state index contributed by atoms with van der Waals surface area (Å²) in [6.45, 7) is 0.830. The van der Waals surface area contributed by atoms with Crippen LogP contribution in [0.3, 0.4) is 0 Å². The fourth-order valence-electron chi connectivity index (χ4n) is 1.78. The summed E-state index contributed by atoms with van der Waals surface area (Å²) in [6, 6.07) is 9.66. The normalized spacial score (nSPS) is 11.1. The number of rotatable bonds is 5. The Kier molecular flexibility index (Phi) is 4.74. The van der Waals surface area contributed by atoms with E-state index in [9.17, 15) is 17.6 Å². The molecule has 5 heteroatoms. The molecular weight excluding hydrogens is 270 g/mol. The smallest absolute Gasteiger partial charge is 0.263 e. The summed E-state index contributed by atoms with van der Waals surface area (Å²) in [6.07, 6.45) is -2.47. The van der Waals surface area contributed by atoms with E-state index >= 15 is 0 Å². The van der Waals surface area contributed by atoms with Crippen LogP contribution in [0.25, 0.3) is 0 Å². The molecular formula is C15H13F4N. The predicted octanol–water partition coefficient (Wildman–Crippen LogP) is 4.19. The van der Waals surface area contributed by atoms with Gasteiger partial charge in [0.2, 0.25) is 0 Å². The van der Waals surface area contributed by atoms with Crippen molar-refractivity contribution in [1.82, 2.24) is 5.32 Å². The van der Waals surface area contributed by atoms with Crippen molar-refractivity contribution in [3.8, 4) is 0 Å². The lowest BCUT2D eigenvalue weighted by atomic mass is 10.1. The first kappa shape index (κ1) is 14.5. The van der Waals surface area contributed by atoms with Gasteiger partial charge in [0, 0.05) is 18.7 Å². The number of hydrogen-bond donors (Lipinski definition) is 1. The Morgan fingerprint density at radius 3 is 2.00 bits per heavy atom. The average Bonchev–Trinajstić information content (AvgIpc) is 2.43. The van der Waals surface area contributed by atoms with E-state index in [-0.39, 0.29) is 5.56 Å². The zero-order chi connectivity index (χ0) is 14.5. The van der Waals surface area contributed by atoms with Gasteiger partial charge in [0.1, 0.15) is 0 Å². The Hall–Kier alpha value is -1.88. The number of hydrogen-bond acceptors (Lipinski definition) is 1. The molecule has 2 aromatic rings. The summed E-state index contributed by atoms with van der Waals surface area (Å²) >= 11 is 0. The van der Waals surface area contributed by atoms with Gasteiger partial charge in [-0.05, 0) is 23.3 Å². The van der Waals surface area contributed by atoms with Crippen LogP contribution in [0, 0.1) is 11.6 Å². The lowest BCUT2D eigenvalue weighted by Gasteiger charge is -2.07. The quantitative estimate of drug-likeness (QED) is 0.811. The molecule has 0 aliphatic rings. The van der Waals surface area contributed by atoms with Crippen molar-refractivity contribution in [3.05, 3.63) is 70.8 Å². The Morgan fingerprint density at radius 1 is 0.800 bits per heavy atom. The van der Waals surface area contributed by atoms with Crippen molar-refractivity contribution >= 4 is 0 Å². The maximum atomic E-state index is 13.0. The van der Waals surface area contributed by atoms with E-state index < -0.39 is 18.1 Å². The third-order valence-electron chi connectivity index (χ3n) is 2.87. The van der Waals surface area contributed by atoms with Crippen LogP contribution in [-0.2, 0) is 13.1 Å². The minimum Gasteiger partial charge on any atom is -0.309 e. The van der Waals surface area contributed by atoms with E-state index in [0.29, 0.717) is 18.7 Å². The largest absolute Gasteiger partial charge is 0.309 e. The molecule has 1 N–H and O–H groups in total. The van der Waals surface area contributed by atoms with E-state index in [1.165, 1.54) is 18.2 Å². The van der Waals surface area contributed by atoms with E-state index in [2.05, 4.69) is 5.32 Å². The first-order valence-corrected chi connectivity index (χ1v) is 6.08. The molecule has 2 aromatic carbocycles. The summed E-state index contributed by atoms with van der Waals surface area (Å²) in [5.74, 6) is -1.76. The van der Waals surface area contributed by atoms with Gasteiger partial charge < -0.3 is 5.32 Å². The maximum Gasteiger partial charge on any atom is 0.263 e. The molecule has 2 rings (SSSR count). The summed E-state index contributed by atoms with van der Waals surface area (Å²) < 4.78 is 50.4. The lowest BCUT2D eigenvalue weighted by molar-refractivity contribution is 0.151. The molecule has 0 bridgehead atoms. The first-order valence-electron chi connectivity index (χ1n) is 6.08. The second kappa shape index (κ2) is 6.52. The Labute approximate surface area is 114 Å². The van der Waals surface area contributed by atoms with E-state index in [4.69, 9.17) is 0 Å². The molecule has 0 radical (unpaired) electrons. The topological polar surface area (TPSA) is 12.0 Å². The SMILES string of the molecule is Fc1ccc(CNCc2ccc(C(F)F)cc2)cc1F. The summed E-state index contributed by atoms with van der Waals surface area (Å²) in [7, 11) is 0. The van der Waals surface area contributed by atoms with Gasteiger partial charge in [0.15, 0.2) is 11.6 Å². The minimum atomic E-state index is -2.47. The van der Waals surface area contributed by atoms with Gasteiger partial charge in [-0.1, -0.05) is 30.3 Å². The average molecular weight is 283 g/mol. The molecule has 20 heavy (non-hydrogen) atoms. The standard InChI is InChI=1S/C15H13F4N/c16-13-6-3-11(7-14(13)17)9-20-8-10-1-4-12(5-2-10)15(18)19/h1-7,15,20H,8-9H2. The van der Waals surface area contributed by atoms with Crippen molar-refractivity contribution in [3.63, 3.8) is 0 Å². The van der Waals surface area contributed by atoms with Crippen molar-refractivity contribution in [1.29, 1.82) is 0 Å². The van der Waals surface area contributed by atoms with Gasteiger partial charge in [-0.3, -0.25) is 0 Å². The minimum absolute atomic E-state index is 0.0191. The van der Waals surface area contributed by atoms with Crippen LogP contribution in [0.1, 0.15) is 23.1 Å². The molecule has 0 spiro atoms. The second-order valence-electron chi connectivity index (χ2n) is 4.39. The fraction of sp³-hybridized carbons (Fsp3) is 0.200. The Morgan fingerprint density at radius 2 is 1.40 bits per heavy atom. The summed E-state index contributed by atoms with van der Waals surface area (Å²) in [5, 5.41) is 3.04. The van der Waals surface area contributed by atoms with Gasteiger partial charge in [-0.2, -0.15) is 0 Å². The van der Waals surface area contributed by atoms with Crippen molar-refractivity contribution in [2.75, 3.05) is 0 Å². The van der Waals surface area contributed by atoms with Crippen LogP contribution in [0.5, 0.6) is 0 Å². The van der Waals surface area contributed by atoms with Crippen LogP contribution in [0.15, 0.2) is 42.5 Å². The second-order valence-corrected chi connectivity index (χ2v) is 4.39. The van der Waals surface area contributed by atoms with Gasteiger partial charge in [0.25, 0.3) is 6.43 Å². The highest BCUT2D eigenvalue weighted by atomic mass is 19.3. The van der Waals surface area contributed by atoms with Crippen molar-refractivity contribution in [2.45, 2.75) is 19.5 Å². The van der Waals surface area contributed by atoms with Crippen LogP contribution >= 0.6 is 0 Å². The highest BCUT2D eigenvalue weighted by Crippen LogP contribution is 2.18. The zero-order valence-corrected chi connectivity index (χ0v) is 10.5. The third-order valence-corrected chi connectivity index (χ3v) is 2.87. The van der Waals surface area contributed by atoms with Crippen molar-refractivity contribution in [2.24, 2.45) is 0 Å². The van der Waals surface area contributed by atoms with E-state index in [1.807, 2.05) is 0 Å². The molecule has 0 atom stereocenters. The molecule has 0 saturated heterocycles. The van der Waals surface area contributed by atoms with E-state index in [1.54, 1.807) is 12.1 Å². The molecule has 0 amide bonds. The number of halogens is 4. The summed E-state index contributed by atoms with van der Waals surface area (Å²) in [4.78, 5) is 0. The Balaban J connectivity index is 1.87. The summed E-state index contributed by atoms with van der Waals surface area (Å²) in [5.41, 5.74) is 1.44. The molecule has 106 valence electrons. The molecule has 0 heterocycles. The molecule has 0 fully saturated rings. The van der Waals surface area contributed by atoms with E-state index in [0.717, 1.165) is 17.7 Å². The van der Waals surface area contributed by atoms with Crippen LogP contribution < -0.4 is 5.32 Å². The van der Waals surface area contributed by atoms with Gasteiger partial charge in [-0.25, -0.2) is 17.6 Å². The van der Waals surface area contributed by atoms with Crippen LogP contribution in [0.4, 0.5) is 17.6 Å². The number of nitrogens with one attached hydrogen (secondary N) is 1. The van der Waals surface area contributed by atoms with Crippen molar-refractivity contribution < 1.29 is 17.6 Å². The van der Waals surface area contributed by atoms with Crippen LogP contribution in [0.2, 0.25) is 0 Å². The predicted molar refractivity (Wildman–Crippen MR) is 68.3 cm³/mol. The highest BCUT2D eigenvalue weighted by molar-refractivity contribution is 5.23. The molecule has 0 aliphatic carbocycles. The number of benzene rings is 2. The lowest BCUT2D eigenvalue weighted by Crippen LogP contribution is -2.13. The third kappa shape index (κ3) is 3.81. The highest BCUT2D eigenvalue weighted by Gasteiger charge is 2.06. The van der Waals surface area contributed by atoms with Gasteiger partial charge >= 0.3 is 0 Å². The van der Waals surface area contributed by atoms with Gasteiger partial charge in [-0.15, -0.1) is 0 Å². The molecule has 0 unspecified atom stereocenters. The first-order chi connectivity index (χ1) is 9.56.